The lowest BCUT2D eigenvalue weighted by Gasteiger charge is -2.25. The van der Waals surface area contributed by atoms with E-state index in [4.69, 9.17) is 0 Å². The molecule has 2 nitrogen and oxygen atoms in total. The zero-order valence-corrected chi connectivity index (χ0v) is 11.4. The van der Waals surface area contributed by atoms with Gasteiger partial charge in [-0.05, 0) is 38.4 Å². The lowest BCUT2D eigenvalue weighted by molar-refractivity contribution is 0.203. The second kappa shape index (κ2) is 6.91. The molecule has 1 saturated heterocycles. The molecule has 1 aliphatic rings. The first kappa shape index (κ1) is 13.6. The molecule has 100 valence electrons. The van der Waals surface area contributed by atoms with Gasteiger partial charge in [-0.25, -0.2) is 0 Å². The number of likely N-dealkylation sites (tertiary alicyclic amines) is 1. The number of rotatable bonds is 4. The van der Waals surface area contributed by atoms with E-state index in [1.165, 1.54) is 49.9 Å². The summed E-state index contributed by atoms with van der Waals surface area (Å²) in [5, 5.41) is 9.64. The average Bonchev–Trinajstić information content (AvgIpc) is 2.64. The molecule has 1 N–H and O–H groups in total. The molecule has 1 aromatic rings. The Bertz CT molecular complexity index is 356. The first-order valence-corrected chi connectivity index (χ1v) is 7.19. The summed E-state index contributed by atoms with van der Waals surface area (Å²) in [7, 11) is 0. The fourth-order valence-electron chi connectivity index (χ4n) is 2.82. The maximum Gasteiger partial charge on any atom is 0.0512 e. The van der Waals surface area contributed by atoms with Gasteiger partial charge in [0.05, 0.1) is 6.61 Å². The number of nitrogens with zero attached hydrogens (tertiary/aromatic N) is 1. The number of aliphatic hydroxyl groups excluding tert-OH is 1. The van der Waals surface area contributed by atoms with Gasteiger partial charge >= 0.3 is 0 Å². The summed E-state index contributed by atoms with van der Waals surface area (Å²) in [6.07, 6.45) is 5.35. The van der Waals surface area contributed by atoms with Crippen LogP contribution in [-0.2, 0) is 0 Å². The molecule has 1 atom stereocenters. The van der Waals surface area contributed by atoms with Crippen molar-refractivity contribution in [1.82, 2.24) is 4.90 Å². The largest absolute Gasteiger partial charge is 0.396 e. The first-order valence-electron chi connectivity index (χ1n) is 7.19. The topological polar surface area (TPSA) is 23.5 Å². The maximum absolute atomic E-state index is 9.64. The van der Waals surface area contributed by atoms with Crippen molar-refractivity contribution in [2.24, 2.45) is 0 Å². The summed E-state index contributed by atoms with van der Waals surface area (Å²) in [6.45, 7) is 5.76. The highest BCUT2D eigenvalue weighted by Crippen LogP contribution is 2.20. The number of hydrogen-bond donors (Lipinski definition) is 1. The lowest BCUT2D eigenvalue weighted by atomic mass is 9.97. The lowest BCUT2D eigenvalue weighted by Crippen LogP contribution is -2.31. The van der Waals surface area contributed by atoms with Crippen molar-refractivity contribution < 1.29 is 5.11 Å². The van der Waals surface area contributed by atoms with Gasteiger partial charge in [0.25, 0.3) is 0 Å². The van der Waals surface area contributed by atoms with Crippen molar-refractivity contribution in [2.45, 2.75) is 38.5 Å². The molecule has 0 aliphatic carbocycles. The molecule has 0 bridgehead atoms. The van der Waals surface area contributed by atoms with Crippen LogP contribution in [0.5, 0.6) is 0 Å². The van der Waals surface area contributed by atoms with Gasteiger partial charge in [-0.3, -0.25) is 0 Å². The molecule has 0 radical (unpaired) electrons. The molecule has 1 aliphatic heterocycles. The highest BCUT2D eigenvalue weighted by atomic mass is 16.3. The van der Waals surface area contributed by atoms with E-state index in [0.29, 0.717) is 0 Å². The third-order valence-corrected chi connectivity index (χ3v) is 3.91. The molecule has 1 aromatic carbocycles. The van der Waals surface area contributed by atoms with Gasteiger partial charge in [0.15, 0.2) is 0 Å². The fraction of sp³-hybridized carbons (Fsp3) is 0.625. The van der Waals surface area contributed by atoms with Crippen molar-refractivity contribution in [3.05, 3.63) is 35.4 Å². The molecule has 0 saturated carbocycles. The molecule has 1 unspecified atom stereocenters. The Morgan fingerprint density at radius 2 is 1.89 bits per heavy atom. The summed E-state index contributed by atoms with van der Waals surface area (Å²) < 4.78 is 0. The fourth-order valence-corrected chi connectivity index (χ4v) is 2.82. The highest BCUT2D eigenvalue weighted by Gasteiger charge is 2.16. The van der Waals surface area contributed by atoms with Gasteiger partial charge in [-0.1, -0.05) is 42.7 Å². The second-order valence-electron chi connectivity index (χ2n) is 5.51. The standard InChI is InChI=1S/C16H25NO/c1-14-7-6-8-15(11-14)16(13-18)12-17-9-4-2-3-5-10-17/h6-8,11,16,18H,2-5,9-10,12-13H2,1H3. The minimum Gasteiger partial charge on any atom is -0.396 e. The van der Waals surface area contributed by atoms with E-state index < -0.39 is 0 Å². The van der Waals surface area contributed by atoms with E-state index in [1.54, 1.807) is 0 Å². The number of aliphatic hydroxyl groups is 1. The number of aryl methyl sites for hydroxylation is 1. The zero-order chi connectivity index (χ0) is 12.8. The molecule has 1 heterocycles. The normalized spacial score (nSPS) is 19.4. The van der Waals surface area contributed by atoms with Gasteiger partial charge in [-0.2, -0.15) is 0 Å². The van der Waals surface area contributed by atoms with Gasteiger partial charge in [0.1, 0.15) is 0 Å². The Hall–Kier alpha value is -0.860. The summed E-state index contributed by atoms with van der Waals surface area (Å²) >= 11 is 0. The molecule has 1 fully saturated rings. The van der Waals surface area contributed by atoms with Crippen molar-refractivity contribution in [1.29, 1.82) is 0 Å². The van der Waals surface area contributed by atoms with E-state index in [2.05, 4.69) is 36.1 Å². The predicted octanol–water partition coefficient (Wildman–Crippen LogP) is 2.95. The van der Waals surface area contributed by atoms with Crippen molar-refractivity contribution >= 4 is 0 Å². The quantitative estimate of drug-likeness (QED) is 0.884. The van der Waals surface area contributed by atoms with Crippen LogP contribution in [0.15, 0.2) is 24.3 Å². The van der Waals surface area contributed by atoms with E-state index in [-0.39, 0.29) is 12.5 Å². The van der Waals surface area contributed by atoms with E-state index in [9.17, 15) is 5.11 Å². The molecule has 2 rings (SSSR count). The third-order valence-electron chi connectivity index (χ3n) is 3.91. The van der Waals surface area contributed by atoms with Crippen molar-refractivity contribution in [2.75, 3.05) is 26.2 Å². The number of benzene rings is 1. The average molecular weight is 247 g/mol. The third kappa shape index (κ3) is 3.82. The van der Waals surface area contributed by atoms with Gasteiger partial charge < -0.3 is 10.0 Å². The van der Waals surface area contributed by atoms with Crippen LogP contribution in [0, 0.1) is 6.92 Å². The Morgan fingerprint density at radius 1 is 1.17 bits per heavy atom. The SMILES string of the molecule is Cc1cccc(C(CO)CN2CCCCCC2)c1. The molecule has 0 aromatic heterocycles. The van der Waals surface area contributed by atoms with Crippen LogP contribution < -0.4 is 0 Å². The van der Waals surface area contributed by atoms with E-state index in [0.717, 1.165) is 6.54 Å². The highest BCUT2D eigenvalue weighted by molar-refractivity contribution is 5.25. The van der Waals surface area contributed by atoms with Crippen LogP contribution in [0.3, 0.4) is 0 Å². The van der Waals surface area contributed by atoms with Gasteiger partial charge in [-0.15, -0.1) is 0 Å². The monoisotopic (exact) mass is 247 g/mol. The Kier molecular flexibility index (Phi) is 5.21. The summed E-state index contributed by atoms with van der Waals surface area (Å²) in [4.78, 5) is 2.52. The van der Waals surface area contributed by atoms with Gasteiger partial charge in [0.2, 0.25) is 0 Å². The van der Waals surface area contributed by atoms with Crippen LogP contribution in [0.2, 0.25) is 0 Å². The van der Waals surface area contributed by atoms with Crippen LogP contribution in [0.1, 0.15) is 42.7 Å². The Morgan fingerprint density at radius 3 is 2.50 bits per heavy atom. The predicted molar refractivity (Wildman–Crippen MR) is 75.9 cm³/mol. The van der Waals surface area contributed by atoms with E-state index in [1.807, 2.05) is 0 Å². The summed E-state index contributed by atoms with van der Waals surface area (Å²) in [6, 6.07) is 8.56. The minimum atomic E-state index is 0.250. The van der Waals surface area contributed by atoms with E-state index >= 15 is 0 Å². The Labute approximate surface area is 111 Å². The first-order chi connectivity index (χ1) is 8.79. The van der Waals surface area contributed by atoms with Gasteiger partial charge in [0, 0.05) is 12.5 Å². The molecule has 18 heavy (non-hydrogen) atoms. The van der Waals surface area contributed by atoms with Crippen LogP contribution in [0.25, 0.3) is 0 Å². The van der Waals surface area contributed by atoms with Crippen molar-refractivity contribution in [3.8, 4) is 0 Å². The number of hydrogen-bond acceptors (Lipinski definition) is 2. The van der Waals surface area contributed by atoms with Crippen LogP contribution in [-0.4, -0.2) is 36.2 Å². The minimum absolute atomic E-state index is 0.250. The second-order valence-corrected chi connectivity index (χ2v) is 5.51. The Balaban J connectivity index is 1.99. The van der Waals surface area contributed by atoms with Crippen molar-refractivity contribution in [3.63, 3.8) is 0 Å². The zero-order valence-electron chi connectivity index (χ0n) is 11.4. The van der Waals surface area contributed by atoms with Crippen LogP contribution >= 0.6 is 0 Å². The molecular weight excluding hydrogens is 222 g/mol. The summed E-state index contributed by atoms with van der Waals surface area (Å²) in [5.74, 6) is 0.267. The van der Waals surface area contributed by atoms with Crippen LogP contribution in [0.4, 0.5) is 0 Å². The molecular formula is C16H25NO. The maximum atomic E-state index is 9.64. The molecule has 0 amide bonds. The smallest absolute Gasteiger partial charge is 0.0512 e. The molecule has 2 heteroatoms. The molecule has 0 spiro atoms. The summed E-state index contributed by atoms with van der Waals surface area (Å²) in [5.41, 5.74) is 2.56.